The molecule has 1 rings (SSSR count). The number of hydrogen-bond acceptors (Lipinski definition) is 7. The number of nitrogens with one attached hydrogen (secondary N) is 1. The number of anilines is 1. The number of ether oxygens (including phenoxy) is 1. The Hall–Kier alpha value is -1.34. The molecule has 0 bridgehead atoms. The molecule has 3 N–H and O–H groups in total. The standard InChI is InChI=1S/C8H12N4O2S/c1-3-14-7(13)5-4-10-8(15-2)11-6(5)12-9/h4H,3,9H2,1-2H3,(H,10,11,12). The van der Waals surface area contributed by atoms with E-state index in [4.69, 9.17) is 10.6 Å². The number of nitrogens with zero attached hydrogens (tertiary/aromatic N) is 2. The topological polar surface area (TPSA) is 90.1 Å². The van der Waals surface area contributed by atoms with Crippen molar-refractivity contribution in [2.45, 2.75) is 12.1 Å². The molecule has 0 aromatic carbocycles. The first kappa shape index (κ1) is 11.7. The SMILES string of the molecule is CCOC(=O)c1cnc(SC)nc1NN. The van der Waals surface area contributed by atoms with Crippen molar-refractivity contribution in [3.8, 4) is 0 Å². The Morgan fingerprint density at radius 3 is 3.00 bits per heavy atom. The van der Waals surface area contributed by atoms with Crippen LogP contribution < -0.4 is 11.3 Å². The van der Waals surface area contributed by atoms with Gasteiger partial charge in [0.1, 0.15) is 5.56 Å². The van der Waals surface area contributed by atoms with Crippen LogP contribution in [0.25, 0.3) is 0 Å². The Morgan fingerprint density at radius 2 is 2.47 bits per heavy atom. The van der Waals surface area contributed by atoms with Crippen LogP contribution in [0.2, 0.25) is 0 Å². The number of thioether (sulfide) groups is 1. The van der Waals surface area contributed by atoms with Gasteiger partial charge in [-0.3, -0.25) is 0 Å². The van der Waals surface area contributed by atoms with Gasteiger partial charge in [0, 0.05) is 6.20 Å². The summed E-state index contributed by atoms with van der Waals surface area (Å²) in [5.41, 5.74) is 2.58. The number of nitrogens with two attached hydrogens (primary N) is 1. The third-order valence-corrected chi connectivity index (χ3v) is 2.14. The molecule has 82 valence electrons. The summed E-state index contributed by atoms with van der Waals surface area (Å²) in [6.07, 6.45) is 3.23. The molecule has 6 nitrogen and oxygen atoms in total. The van der Waals surface area contributed by atoms with E-state index in [0.29, 0.717) is 11.8 Å². The molecule has 1 aromatic heterocycles. The lowest BCUT2D eigenvalue weighted by molar-refractivity contribution is 0.0526. The van der Waals surface area contributed by atoms with Crippen molar-refractivity contribution < 1.29 is 9.53 Å². The van der Waals surface area contributed by atoms with E-state index < -0.39 is 5.97 Å². The van der Waals surface area contributed by atoms with Gasteiger partial charge in [-0.15, -0.1) is 0 Å². The minimum Gasteiger partial charge on any atom is -0.462 e. The molecule has 0 aliphatic heterocycles. The van der Waals surface area contributed by atoms with E-state index in [2.05, 4.69) is 15.4 Å². The first-order valence-electron chi connectivity index (χ1n) is 4.27. The van der Waals surface area contributed by atoms with Crippen LogP contribution in [-0.2, 0) is 4.74 Å². The van der Waals surface area contributed by atoms with E-state index in [1.165, 1.54) is 18.0 Å². The fourth-order valence-electron chi connectivity index (χ4n) is 0.932. The monoisotopic (exact) mass is 228 g/mol. The van der Waals surface area contributed by atoms with Gasteiger partial charge in [0.2, 0.25) is 0 Å². The molecule has 0 saturated carbocycles. The fraction of sp³-hybridized carbons (Fsp3) is 0.375. The Morgan fingerprint density at radius 1 is 1.73 bits per heavy atom. The number of aromatic nitrogens is 2. The molecule has 0 radical (unpaired) electrons. The summed E-state index contributed by atoms with van der Waals surface area (Å²) in [4.78, 5) is 19.4. The second-order valence-corrected chi connectivity index (χ2v) is 3.26. The average molecular weight is 228 g/mol. The summed E-state index contributed by atoms with van der Waals surface area (Å²) in [5.74, 6) is 5.03. The zero-order valence-corrected chi connectivity index (χ0v) is 9.30. The lowest BCUT2D eigenvalue weighted by atomic mass is 10.3. The van der Waals surface area contributed by atoms with Gasteiger partial charge in [-0.2, -0.15) is 0 Å². The first-order chi connectivity index (χ1) is 7.22. The van der Waals surface area contributed by atoms with Crippen LogP contribution in [0.1, 0.15) is 17.3 Å². The van der Waals surface area contributed by atoms with Crippen molar-refractivity contribution in [3.05, 3.63) is 11.8 Å². The van der Waals surface area contributed by atoms with E-state index in [-0.39, 0.29) is 11.4 Å². The van der Waals surface area contributed by atoms with E-state index in [1.54, 1.807) is 6.92 Å². The van der Waals surface area contributed by atoms with Crippen molar-refractivity contribution in [3.63, 3.8) is 0 Å². The number of hydrogen-bond donors (Lipinski definition) is 2. The lowest BCUT2D eigenvalue weighted by Gasteiger charge is -2.07. The van der Waals surface area contributed by atoms with Gasteiger partial charge in [-0.05, 0) is 13.2 Å². The smallest absolute Gasteiger partial charge is 0.343 e. The molecule has 7 heteroatoms. The van der Waals surface area contributed by atoms with Crippen LogP contribution in [0.15, 0.2) is 11.4 Å². The van der Waals surface area contributed by atoms with Gasteiger partial charge >= 0.3 is 5.97 Å². The summed E-state index contributed by atoms with van der Waals surface area (Å²) < 4.78 is 4.82. The van der Waals surface area contributed by atoms with Crippen molar-refractivity contribution in [2.75, 3.05) is 18.3 Å². The summed E-state index contributed by atoms with van der Waals surface area (Å²) in [5, 5.41) is 0.538. The third kappa shape index (κ3) is 2.80. The van der Waals surface area contributed by atoms with Crippen LogP contribution in [0.5, 0.6) is 0 Å². The zero-order chi connectivity index (χ0) is 11.3. The number of hydrazine groups is 1. The molecule has 0 fully saturated rings. The highest BCUT2D eigenvalue weighted by atomic mass is 32.2. The van der Waals surface area contributed by atoms with Crippen molar-refractivity contribution in [1.82, 2.24) is 9.97 Å². The predicted molar refractivity (Wildman–Crippen MR) is 57.6 cm³/mol. The predicted octanol–water partition coefficient (Wildman–Crippen LogP) is 0.661. The maximum Gasteiger partial charge on any atom is 0.343 e. The van der Waals surface area contributed by atoms with Gasteiger partial charge in [-0.25, -0.2) is 20.6 Å². The summed E-state index contributed by atoms with van der Waals surface area (Å²) in [6, 6.07) is 0. The highest BCUT2D eigenvalue weighted by molar-refractivity contribution is 7.98. The maximum atomic E-state index is 11.4. The number of nitrogen functional groups attached to an aromatic ring is 1. The summed E-state index contributed by atoms with van der Waals surface area (Å²) in [7, 11) is 0. The van der Waals surface area contributed by atoms with Crippen LogP contribution in [0.3, 0.4) is 0 Å². The van der Waals surface area contributed by atoms with Crippen molar-refractivity contribution in [1.29, 1.82) is 0 Å². The van der Waals surface area contributed by atoms with Crippen LogP contribution >= 0.6 is 11.8 Å². The molecular formula is C8H12N4O2S. The molecule has 0 saturated heterocycles. The largest absolute Gasteiger partial charge is 0.462 e. The van der Waals surface area contributed by atoms with E-state index in [9.17, 15) is 4.79 Å². The van der Waals surface area contributed by atoms with Gasteiger partial charge < -0.3 is 10.2 Å². The molecule has 1 heterocycles. The van der Waals surface area contributed by atoms with E-state index in [1.807, 2.05) is 6.26 Å². The van der Waals surface area contributed by atoms with Crippen LogP contribution in [-0.4, -0.2) is 28.8 Å². The fourth-order valence-corrected chi connectivity index (χ4v) is 1.27. The Bertz CT molecular complexity index is 358. The second-order valence-electron chi connectivity index (χ2n) is 2.48. The molecule has 0 spiro atoms. The summed E-state index contributed by atoms with van der Waals surface area (Å²) in [6.45, 7) is 2.03. The van der Waals surface area contributed by atoms with E-state index >= 15 is 0 Å². The highest BCUT2D eigenvalue weighted by Crippen LogP contribution is 2.16. The quantitative estimate of drug-likeness (QED) is 0.257. The van der Waals surface area contributed by atoms with Crippen LogP contribution in [0, 0.1) is 0 Å². The van der Waals surface area contributed by atoms with Gasteiger partial charge in [0.25, 0.3) is 0 Å². The molecule has 0 aliphatic rings. The maximum absolute atomic E-state index is 11.4. The van der Waals surface area contributed by atoms with Gasteiger partial charge in [0.15, 0.2) is 11.0 Å². The van der Waals surface area contributed by atoms with Gasteiger partial charge in [-0.1, -0.05) is 11.8 Å². The first-order valence-corrected chi connectivity index (χ1v) is 5.50. The molecule has 1 aromatic rings. The number of carbonyl (C=O) groups is 1. The average Bonchev–Trinajstić information content (AvgIpc) is 2.28. The van der Waals surface area contributed by atoms with Crippen LogP contribution in [0.4, 0.5) is 5.82 Å². The van der Waals surface area contributed by atoms with Gasteiger partial charge in [0.05, 0.1) is 6.61 Å². The minimum absolute atomic E-state index is 0.233. The number of rotatable bonds is 4. The molecule has 0 atom stereocenters. The molecule has 0 unspecified atom stereocenters. The number of esters is 1. The Balaban J connectivity index is 3.02. The lowest BCUT2D eigenvalue weighted by Crippen LogP contribution is -2.16. The Kier molecular flexibility index (Phi) is 4.32. The molecular weight excluding hydrogens is 216 g/mol. The number of carbonyl (C=O) groups excluding carboxylic acids is 1. The molecule has 0 amide bonds. The zero-order valence-electron chi connectivity index (χ0n) is 8.48. The van der Waals surface area contributed by atoms with Crippen molar-refractivity contribution >= 4 is 23.5 Å². The van der Waals surface area contributed by atoms with E-state index in [0.717, 1.165) is 0 Å². The molecule has 15 heavy (non-hydrogen) atoms. The molecule has 0 aliphatic carbocycles. The normalized spacial score (nSPS) is 9.80. The third-order valence-electron chi connectivity index (χ3n) is 1.58. The second kappa shape index (κ2) is 5.52. The Labute approximate surface area is 91.6 Å². The highest BCUT2D eigenvalue weighted by Gasteiger charge is 2.14. The minimum atomic E-state index is -0.488. The van der Waals surface area contributed by atoms with Crippen molar-refractivity contribution in [2.24, 2.45) is 5.84 Å². The summed E-state index contributed by atoms with van der Waals surface area (Å²) >= 11 is 1.36.